The molecule has 104 valence electrons. The quantitative estimate of drug-likeness (QED) is 0.760. The number of amides is 1. The van der Waals surface area contributed by atoms with Gasteiger partial charge in [-0.3, -0.25) is 4.79 Å². The van der Waals surface area contributed by atoms with Crippen LogP contribution >= 0.6 is 11.6 Å². The zero-order valence-corrected chi connectivity index (χ0v) is 11.7. The Morgan fingerprint density at radius 3 is 2.75 bits per heavy atom. The van der Waals surface area contributed by atoms with Crippen molar-refractivity contribution in [1.29, 1.82) is 0 Å². The second kappa shape index (κ2) is 5.94. The van der Waals surface area contributed by atoms with Crippen LogP contribution in [0.4, 0.5) is 11.4 Å². The fraction of sp³-hybridized carbons (Fsp3) is 0.133. The first-order valence-corrected chi connectivity index (χ1v) is 6.49. The molecule has 4 nitrogen and oxygen atoms in total. The summed E-state index contributed by atoms with van der Waals surface area (Å²) in [5.74, 6) is -0.343. The van der Waals surface area contributed by atoms with Crippen LogP contribution in [-0.4, -0.2) is 11.0 Å². The van der Waals surface area contributed by atoms with Crippen LogP contribution < -0.4 is 11.1 Å². The predicted octanol–water partition coefficient (Wildman–Crippen LogP) is 3.23. The Morgan fingerprint density at radius 2 is 2.05 bits per heavy atom. The van der Waals surface area contributed by atoms with Gasteiger partial charge in [0.15, 0.2) is 0 Å². The summed E-state index contributed by atoms with van der Waals surface area (Å²) >= 11 is 5.98. The number of nitrogens with one attached hydrogen (secondary N) is 1. The maximum absolute atomic E-state index is 12.2. The molecule has 1 amide bonds. The molecule has 0 fully saturated rings. The van der Waals surface area contributed by atoms with Gasteiger partial charge >= 0.3 is 0 Å². The Labute approximate surface area is 122 Å². The number of hydrogen-bond acceptors (Lipinski definition) is 3. The van der Waals surface area contributed by atoms with E-state index in [1.54, 1.807) is 43.3 Å². The van der Waals surface area contributed by atoms with Gasteiger partial charge in [-0.05, 0) is 42.8 Å². The van der Waals surface area contributed by atoms with Crippen LogP contribution in [0.15, 0.2) is 42.5 Å². The fourth-order valence-electron chi connectivity index (χ4n) is 1.79. The van der Waals surface area contributed by atoms with Gasteiger partial charge in [-0.25, -0.2) is 0 Å². The molecule has 2 rings (SSSR count). The number of benzene rings is 2. The van der Waals surface area contributed by atoms with E-state index in [4.69, 9.17) is 17.3 Å². The van der Waals surface area contributed by atoms with E-state index in [9.17, 15) is 9.90 Å². The summed E-state index contributed by atoms with van der Waals surface area (Å²) in [6, 6.07) is 11.7. The molecular formula is C15H15ClN2O2. The smallest absolute Gasteiger partial charge is 0.257 e. The van der Waals surface area contributed by atoms with Gasteiger partial charge in [0.05, 0.1) is 16.7 Å². The Kier molecular flexibility index (Phi) is 4.27. The van der Waals surface area contributed by atoms with E-state index in [2.05, 4.69) is 5.32 Å². The zero-order valence-electron chi connectivity index (χ0n) is 10.9. The Hall–Kier alpha value is -2.04. The number of nitrogen functional groups attached to an aromatic ring is 1. The number of halogens is 1. The highest BCUT2D eigenvalue weighted by Crippen LogP contribution is 2.22. The van der Waals surface area contributed by atoms with Gasteiger partial charge in [0, 0.05) is 11.4 Å². The summed E-state index contributed by atoms with van der Waals surface area (Å²) < 4.78 is 0. The van der Waals surface area contributed by atoms with E-state index in [0.29, 0.717) is 22.0 Å². The van der Waals surface area contributed by atoms with Crippen molar-refractivity contribution in [3.8, 4) is 0 Å². The van der Waals surface area contributed by atoms with Crippen molar-refractivity contribution >= 4 is 28.9 Å². The minimum atomic E-state index is -0.595. The molecule has 0 saturated heterocycles. The van der Waals surface area contributed by atoms with Gasteiger partial charge in [0.1, 0.15) is 0 Å². The molecular weight excluding hydrogens is 276 g/mol. The zero-order chi connectivity index (χ0) is 14.7. The topological polar surface area (TPSA) is 75.3 Å². The average molecular weight is 291 g/mol. The molecule has 5 heteroatoms. The maximum Gasteiger partial charge on any atom is 0.257 e. The number of hydrogen-bond donors (Lipinski definition) is 3. The molecule has 1 unspecified atom stereocenters. The first-order valence-electron chi connectivity index (χ1n) is 6.12. The first-order chi connectivity index (χ1) is 9.47. The minimum absolute atomic E-state index is 0.314. The highest BCUT2D eigenvalue weighted by atomic mass is 35.5. The van der Waals surface area contributed by atoms with Crippen molar-refractivity contribution < 1.29 is 9.90 Å². The van der Waals surface area contributed by atoms with E-state index in [1.165, 1.54) is 6.07 Å². The van der Waals surface area contributed by atoms with Crippen molar-refractivity contribution in [1.82, 2.24) is 0 Å². The van der Waals surface area contributed by atoms with E-state index in [0.717, 1.165) is 5.56 Å². The van der Waals surface area contributed by atoms with Crippen LogP contribution in [0.1, 0.15) is 28.9 Å². The van der Waals surface area contributed by atoms with Crippen LogP contribution in [0.3, 0.4) is 0 Å². The van der Waals surface area contributed by atoms with Crippen molar-refractivity contribution in [3.05, 3.63) is 58.6 Å². The molecule has 2 aromatic carbocycles. The molecule has 1 atom stereocenters. The summed E-state index contributed by atoms with van der Waals surface area (Å²) in [5.41, 5.74) is 7.75. The lowest BCUT2D eigenvalue weighted by atomic mass is 10.1. The van der Waals surface area contributed by atoms with Crippen molar-refractivity contribution in [2.45, 2.75) is 13.0 Å². The molecule has 0 spiro atoms. The lowest BCUT2D eigenvalue weighted by Gasteiger charge is -2.10. The molecule has 0 bridgehead atoms. The predicted molar refractivity (Wildman–Crippen MR) is 80.9 cm³/mol. The van der Waals surface area contributed by atoms with E-state index in [1.807, 2.05) is 0 Å². The molecule has 0 heterocycles. The van der Waals surface area contributed by atoms with Gasteiger partial charge in [-0.1, -0.05) is 23.7 Å². The molecule has 4 N–H and O–H groups in total. The summed E-state index contributed by atoms with van der Waals surface area (Å²) in [5, 5.41) is 12.6. The molecule has 0 aromatic heterocycles. The third-order valence-electron chi connectivity index (χ3n) is 2.86. The number of anilines is 2. The highest BCUT2D eigenvalue weighted by Gasteiger charge is 2.11. The SMILES string of the molecule is CC(O)c1cccc(NC(=O)c2cc(N)ccc2Cl)c1. The average Bonchev–Trinajstić information content (AvgIpc) is 2.41. The van der Waals surface area contributed by atoms with Crippen LogP contribution in [0, 0.1) is 0 Å². The largest absolute Gasteiger partial charge is 0.399 e. The van der Waals surface area contributed by atoms with Crippen LogP contribution in [-0.2, 0) is 0 Å². The molecule has 0 aliphatic heterocycles. The number of aliphatic hydroxyl groups is 1. The third kappa shape index (κ3) is 3.29. The molecule has 2 aromatic rings. The molecule has 0 aliphatic carbocycles. The van der Waals surface area contributed by atoms with Crippen molar-refractivity contribution in [3.63, 3.8) is 0 Å². The second-order valence-electron chi connectivity index (χ2n) is 4.49. The van der Waals surface area contributed by atoms with Gasteiger partial charge in [0.25, 0.3) is 5.91 Å². The van der Waals surface area contributed by atoms with Crippen molar-refractivity contribution in [2.24, 2.45) is 0 Å². The second-order valence-corrected chi connectivity index (χ2v) is 4.90. The number of rotatable bonds is 3. The minimum Gasteiger partial charge on any atom is -0.399 e. The van der Waals surface area contributed by atoms with Crippen LogP contribution in [0.25, 0.3) is 0 Å². The van der Waals surface area contributed by atoms with E-state index in [-0.39, 0.29) is 5.91 Å². The monoisotopic (exact) mass is 290 g/mol. The molecule has 20 heavy (non-hydrogen) atoms. The molecule has 0 aliphatic rings. The lowest BCUT2D eigenvalue weighted by molar-refractivity contribution is 0.102. The Morgan fingerprint density at radius 1 is 1.30 bits per heavy atom. The van der Waals surface area contributed by atoms with Crippen LogP contribution in [0.5, 0.6) is 0 Å². The number of carbonyl (C=O) groups excluding carboxylic acids is 1. The highest BCUT2D eigenvalue weighted by molar-refractivity contribution is 6.34. The standard InChI is InChI=1S/C15H15ClN2O2/c1-9(19)10-3-2-4-12(7-10)18-15(20)13-8-11(17)5-6-14(13)16/h2-9,19H,17H2,1H3,(H,18,20). The van der Waals surface area contributed by atoms with Crippen molar-refractivity contribution in [2.75, 3.05) is 11.1 Å². The third-order valence-corrected chi connectivity index (χ3v) is 3.19. The first kappa shape index (κ1) is 14.4. The van der Waals surface area contributed by atoms with Gasteiger partial charge in [-0.2, -0.15) is 0 Å². The maximum atomic E-state index is 12.2. The number of carbonyl (C=O) groups is 1. The van der Waals surface area contributed by atoms with Gasteiger partial charge in [0.2, 0.25) is 0 Å². The number of aliphatic hydroxyl groups excluding tert-OH is 1. The lowest BCUT2D eigenvalue weighted by Crippen LogP contribution is -2.13. The van der Waals surface area contributed by atoms with Gasteiger partial charge < -0.3 is 16.2 Å². The van der Waals surface area contributed by atoms with E-state index < -0.39 is 6.10 Å². The summed E-state index contributed by atoms with van der Waals surface area (Å²) in [4.78, 5) is 12.2. The number of nitrogens with two attached hydrogens (primary N) is 1. The van der Waals surface area contributed by atoms with Gasteiger partial charge in [-0.15, -0.1) is 0 Å². The molecule has 0 radical (unpaired) electrons. The summed E-state index contributed by atoms with van der Waals surface area (Å²) in [7, 11) is 0. The van der Waals surface area contributed by atoms with E-state index >= 15 is 0 Å². The fourth-order valence-corrected chi connectivity index (χ4v) is 1.99. The molecule has 0 saturated carbocycles. The van der Waals surface area contributed by atoms with Crippen LogP contribution in [0.2, 0.25) is 5.02 Å². The summed E-state index contributed by atoms with van der Waals surface area (Å²) in [6.45, 7) is 1.66. The Balaban J connectivity index is 2.23. The Bertz CT molecular complexity index is 642. The summed E-state index contributed by atoms with van der Waals surface area (Å²) in [6.07, 6.45) is -0.595. The normalized spacial score (nSPS) is 11.9.